The van der Waals surface area contributed by atoms with Gasteiger partial charge in [-0.3, -0.25) is 14.9 Å². The van der Waals surface area contributed by atoms with Gasteiger partial charge in [0, 0.05) is 0 Å². The van der Waals surface area contributed by atoms with E-state index in [-0.39, 0.29) is 12.3 Å². The summed E-state index contributed by atoms with van der Waals surface area (Å²) >= 11 is 0. The summed E-state index contributed by atoms with van der Waals surface area (Å²) in [5.41, 5.74) is 0. The quantitative estimate of drug-likeness (QED) is 0.698. The van der Waals surface area contributed by atoms with E-state index in [1.54, 1.807) is 11.6 Å². The SMILES string of the molecule is COC(=O)CC1Cn2nc(C)nc2NC1=O. The number of esters is 1. The van der Waals surface area contributed by atoms with Gasteiger partial charge in [-0.25, -0.2) is 4.68 Å². The molecule has 7 heteroatoms. The molecule has 1 unspecified atom stereocenters. The van der Waals surface area contributed by atoms with E-state index >= 15 is 0 Å². The lowest BCUT2D eigenvalue weighted by molar-refractivity contribution is -0.143. The van der Waals surface area contributed by atoms with Gasteiger partial charge >= 0.3 is 5.97 Å². The second kappa shape index (κ2) is 3.92. The predicted molar refractivity (Wildman–Crippen MR) is 53.5 cm³/mol. The molecule has 0 saturated carbocycles. The Hall–Kier alpha value is -1.92. The number of nitrogens with zero attached hydrogens (tertiary/aromatic N) is 3. The lowest BCUT2D eigenvalue weighted by atomic mass is 10.0. The van der Waals surface area contributed by atoms with Crippen molar-refractivity contribution in [2.75, 3.05) is 12.4 Å². The fourth-order valence-corrected chi connectivity index (χ4v) is 1.62. The van der Waals surface area contributed by atoms with Gasteiger partial charge in [-0.1, -0.05) is 0 Å². The Kier molecular flexibility index (Phi) is 2.59. The highest BCUT2D eigenvalue weighted by Gasteiger charge is 2.30. The largest absolute Gasteiger partial charge is 0.469 e. The van der Waals surface area contributed by atoms with Gasteiger partial charge < -0.3 is 4.74 Å². The fraction of sp³-hybridized carbons (Fsp3) is 0.556. The van der Waals surface area contributed by atoms with Crippen molar-refractivity contribution in [2.24, 2.45) is 5.92 Å². The minimum atomic E-state index is -0.443. The van der Waals surface area contributed by atoms with Gasteiger partial charge in [-0.05, 0) is 6.92 Å². The Labute approximate surface area is 91.8 Å². The van der Waals surface area contributed by atoms with Crippen molar-refractivity contribution in [1.82, 2.24) is 14.8 Å². The molecular weight excluding hydrogens is 212 g/mol. The van der Waals surface area contributed by atoms with E-state index in [9.17, 15) is 9.59 Å². The van der Waals surface area contributed by atoms with Crippen LogP contribution in [0.2, 0.25) is 0 Å². The number of hydrogen-bond acceptors (Lipinski definition) is 5. The molecule has 16 heavy (non-hydrogen) atoms. The van der Waals surface area contributed by atoms with Crippen molar-refractivity contribution in [1.29, 1.82) is 0 Å². The maximum Gasteiger partial charge on any atom is 0.306 e. The number of amides is 1. The van der Waals surface area contributed by atoms with Crippen molar-refractivity contribution in [2.45, 2.75) is 19.9 Å². The zero-order valence-electron chi connectivity index (χ0n) is 9.06. The van der Waals surface area contributed by atoms with Gasteiger partial charge in [0.2, 0.25) is 11.9 Å². The number of aromatic nitrogens is 3. The van der Waals surface area contributed by atoms with Crippen LogP contribution in [0, 0.1) is 12.8 Å². The number of carbonyl (C=O) groups excluding carboxylic acids is 2. The van der Waals surface area contributed by atoms with E-state index in [0.29, 0.717) is 18.3 Å². The fourth-order valence-electron chi connectivity index (χ4n) is 1.62. The molecular formula is C9H12N4O3. The summed E-state index contributed by atoms with van der Waals surface area (Å²) in [4.78, 5) is 26.8. The van der Waals surface area contributed by atoms with E-state index < -0.39 is 11.9 Å². The van der Waals surface area contributed by atoms with Crippen molar-refractivity contribution >= 4 is 17.8 Å². The molecule has 1 amide bonds. The Balaban J connectivity index is 2.14. The van der Waals surface area contributed by atoms with Crippen LogP contribution in [0.3, 0.4) is 0 Å². The number of carbonyl (C=O) groups is 2. The molecule has 0 aliphatic carbocycles. The van der Waals surface area contributed by atoms with Crippen molar-refractivity contribution in [3.63, 3.8) is 0 Å². The Bertz CT molecular complexity index is 440. The number of methoxy groups -OCH3 is 1. The maximum absolute atomic E-state index is 11.6. The zero-order valence-corrected chi connectivity index (χ0v) is 9.06. The average molecular weight is 224 g/mol. The van der Waals surface area contributed by atoms with E-state index in [1.165, 1.54) is 7.11 Å². The number of hydrogen-bond donors (Lipinski definition) is 1. The van der Waals surface area contributed by atoms with Gasteiger partial charge in [-0.15, -0.1) is 0 Å². The average Bonchev–Trinajstić information content (AvgIpc) is 2.58. The van der Waals surface area contributed by atoms with Crippen LogP contribution in [0.5, 0.6) is 0 Å². The molecule has 0 spiro atoms. The number of aryl methyl sites for hydroxylation is 1. The molecule has 86 valence electrons. The number of anilines is 1. The Morgan fingerprint density at radius 2 is 2.44 bits per heavy atom. The predicted octanol–water partition coefficient (Wildman–Crippen LogP) is -0.282. The van der Waals surface area contributed by atoms with E-state index in [4.69, 9.17) is 0 Å². The zero-order chi connectivity index (χ0) is 11.7. The second-order valence-electron chi connectivity index (χ2n) is 3.63. The first-order chi connectivity index (χ1) is 7.60. The number of ether oxygens (including phenoxy) is 1. The van der Waals surface area contributed by atoms with Gasteiger partial charge in [0.25, 0.3) is 0 Å². The van der Waals surface area contributed by atoms with Crippen LogP contribution in [0.25, 0.3) is 0 Å². The van der Waals surface area contributed by atoms with Crippen LogP contribution < -0.4 is 5.32 Å². The van der Waals surface area contributed by atoms with Gasteiger partial charge in [0.15, 0.2) is 0 Å². The summed E-state index contributed by atoms with van der Waals surface area (Å²) in [5.74, 6) is -0.0376. The van der Waals surface area contributed by atoms with E-state index in [0.717, 1.165) is 0 Å². The maximum atomic E-state index is 11.6. The molecule has 1 aliphatic heterocycles. The van der Waals surface area contributed by atoms with Crippen LogP contribution in [-0.4, -0.2) is 33.8 Å². The summed E-state index contributed by atoms with van der Waals surface area (Å²) in [6.45, 7) is 2.10. The van der Waals surface area contributed by atoms with Gasteiger partial charge in [-0.2, -0.15) is 10.1 Å². The summed E-state index contributed by atoms with van der Waals surface area (Å²) in [5, 5.41) is 6.71. The lowest BCUT2D eigenvalue weighted by Gasteiger charge is -2.20. The molecule has 0 fully saturated rings. The third-order valence-corrected chi connectivity index (χ3v) is 2.42. The van der Waals surface area contributed by atoms with E-state index in [2.05, 4.69) is 20.1 Å². The molecule has 1 aromatic rings. The molecule has 1 aliphatic rings. The number of fused-ring (bicyclic) bond motifs is 1. The molecule has 1 N–H and O–H groups in total. The summed E-state index contributed by atoms with van der Waals surface area (Å²) in [7, 11) is 1.30. The van der Waals surface area contributed by atoms with E-state index in [1.807, 2.05) is 0 Å². The Morgan fingerprint density at radius 1 is 1.69 bits per heavy atom. The van der Waals surface area contributed by atoms with Crippen molar-refractivity contribution < 1.29 is 14.3 Å². The molecule has 0 radical (unpaired) electrons. The molecule has 0 aromatic carbocycles. The minimum Gasteiger partial charge on any atom is -0.469 e. The highest BCUT2D eigenvalue weighted by molar-refractivity contribution is 5.94. The van der Waals surface area contributed by atoms with Crippen LogP contribution in [0.15, 0.2) is 0 Å². The lowest BCUT2D eigenvalue weighted by Crippen LogP contribution is -2.35. The summed E-state index contributed by atoms with van der Waals surface area (Å²) in [6.07, 6.45) is 0.0562. The molecule has 2 rings (SSSR count). The highest BCUT2D eigenvalue weighted by atomic mass is 16.5. The standard InChI is InChI=1S/C9H12N4O3/c1-5-10-9-11-8(15)6(3-7(14)16-2)4-13(9)12-5/h6H,3-4H2,1-2H3,(H,10,11,12,15). The van der Waals surface area contributed by atoms with Crippen LogP contribution >= 0.6 is 0 Å². The number of rotatable bonds is 2. The third kappa shape index (κ3) is 1.88. The first-order valence-electron chi connectivity index (χ1n) is 4.89. The first kappa shape index (κ1) is 10.6. The topological polar surface area (TPSA) is 86.1 Å². The van der Waals surface area contributed by atoms with Crippen LogP contribution in [-0.2, 0) is 20.9 Å². The third-order valence-electron chi connectivity index (χ3n) is 2.42. The highest BCUT2D eigenvalue weighted by Crippen LogP contribution is 2.19. The van der Waals surface area contributed by atoms with Crippen molar-refractivity contribution in [3.8, 4) is 0 Å². The van der Waals surface area contributed by atoms with Gasteiger partial charge in [0.1, 0.15) is 5.82 Å². The summed E-state index contributed by atoms with van der Waals surface area (Å²) < 4.78 is 6.12. The molecule has 0 saturated heterocycles. The van der Waals surface area contributed by atoms with Crippen molar-refractivity contribution in [3.05, 3.63) is 5.82 Å². The summed E-state index contributed by atoms with van der Waals surface area (Å²) in [6, 6.07) is 0. The molecule has 1 aromatic heterocycles. The molecule has 0 bridgehead atoms. The molecule has 7 nitrogen and oxygen atoms in total. The van der Waals surface area contributed by atoms with Crippen LogP contribution in [0.1, 0.15) is 12.2 Å². The Morgan fingerprint density at radius 3 is 3.12 bits per heavy atom. The molecule has 2 heterocycles. The number of nitrogens with one attached hydrogen (secondary N) is 1. The van der Waals surface area contributed by atoms with Gasteiger partial charge in [0.05, 0.1) is 26.0 Å². The first-order valence-corrected chi connectivity index (χ1v) is 4.89. The minimum absolute atomic E-state index is 0.0562. The molecule has 1 atom stereocenters. The normalized spacial score (nSPS) is 18.9. The van der Waals surface area contributed by atoms with Crippen LogP contribution in [0.4, 0.5) is 5.95 Å². The smallest absolute Gasteiger partial charge is 0.306 e. The second-order valence-corrected chi connectivity index (χ2v) is 3.63. The monoisotopic (exact) mass is 224 g/mol.